The van der Waals surface area contributed by atoms with Gasteiger partial charge in [0.05, 0.1) is 0 Å². The molecule has 1 aromatic rings. The van der Waals surface area contributed by atoms with Crippen LogP contribution in [0.1, 0.15) is 47.0 Å². The Morgan fingerprint density at radius 1 is 1.35 bits per heavy atom. The van der Waals surface area contributed by atoms with E-state index in [9.17, 15) is 0 Å². The lowest BCUT2D eigenvalue weighted by atomic mass is 9.75. The highest BCUT2D eigenvalue weighted by atomic mass is 16.5. The molecule has 0 spiro atoms. The maximum atomic E-state index is 6.24. The van der Waals surface area contributed by atoms with Gasteiger partial charge in [-0.05, 0) is 43.6 Å². The molecule has 1 aliphatic rings. The van der Waals surface area contributed by atoms with Crippen LogP contribution >= 0.6 is 0 Å². The fourth-order valence-electron chi connectivity index (χ4n) is 3.17. The second kappa shape index (κ2) is 6.96. The van der Waals surface area contributed by atoms with Crippen molar-refractivity contribution in [2.24, 2.45) is 17.8 Å². The largest absolute Gasteiger partial charge is 0.474 e. The zero-order valence-corrected chi connectivity index (χ0v) is 13.2. The number of ether oxygens (including phenoxy) is 1. The van der Waals surface area contributed by atoms with Gasteiger partial charge >= 0.3 is 0 Å². The van der Waals surface area contributed by atoms with Crippen molar-refractivity contribution in [3.05, 3.63) is 18.2 Å². The van der Waals surface area contributed by atoms with Gasteiger partial charge in [-0.1, -0.05) is 33.3 Å². The summed E-state index contributed by atoms with van der Waals surface area (Å²) < 4.78 is 6.24. The van der Waals surface area contributed by atoms with Crippen molar-refractivity contribution in [1.29, 1.82) is 0 Å². The summed E-state index contributed by atoms with van der Waals surface area (Å²) in [5, 5.41) is 3.24. The molecule has 0 aromatic carbocycles. The van der Waals surface area contributed by atoms with Crippen molar-refractivity contribution in [2.45, 2.75) is 53.1 Å². The minimum Gasteiger partial charge on any atom is -0.474 e. The van der Waals surface area contributed by atoms with Crippen LogP contribution in [-0.4, -0.2) is 17.6 Å². The average Bonchev–Trinajstić information content (AvgIpc) is 2.39. The fraction of sp³-hybridized carbons (Fsp3) is 0.706. The van der Waals surface area contributed by atoms with Crippen molar-refractivity contribution < 1.29 is 4.74 Å². The van der Waals surface area contributed by atoms with Crippen molar-refractivity contribution in [3.8, 4) is 5.88 Å². The van der Waals surface area contributed by atoms with E-state index in [0.29, 0.717) is 17.9 Å². The predicted molar refractivity (Wildman–Crippen MR) is 84.2 cm³/mol. The highest BCUT2D eigenvalue weighted by Gasteiger charge is 2.32. The van der Waals surface area contributed by atoms with Crippen LogP contribution in [0, 0.1) is 17.8 Å². The van der Waals surface area contributed by atoms with E-state index >= 15 is 0 Å². The number of anilines is 1. The number of nitrogens with zero attached hydrogens (tertiary/aromatic N) is 1. The van der Waals surface area contributed by atoms with Gasteiger partial charge in [0.2, 0.25) is 5.88 Å². The standard InChI is InChI=1S/C17H28N2O/c1-5-18-16-7-6-8-17(19-16)20-15-11-13(4)9-10-14(15)12(2)3/h6-8,12-15H,5,9-11H2,1-4H3,(H,18,19). The molecular formula is C17H28N2O. The molecule has 0 radical (unpaired) electrons. The van der Waals surface area contributed by atoms with Crippen LogP contribution < -0.4 is 10.1 Å². The third-order valence-electron chi connectivity index (χ3n) is 4.31. The predicted octanol–water partition coefficient (Wildman–Crippen LogP) is 4.35. The third kappa shape index (κ3) is 3.87. The van der Waals surface area contributed by atoms with Crippen LogP contribution in [-0.2, 0) is 0 Å². The number of pyridine rings is 1. The molecule has 20 heavy (non-hydrogen) atoms. The second-order valence-corrected chi connectivity index (χ2v) is 6.37. The number of rotatable bonds is 5. The monoisotopic (exact) mass is 276 g/mol. The van der Waals surface area contributed by atoms with Gasteiger partial charge < -0.3 is 10.1 Å². The Morgan fingerprint density at radius 2 is 2.15 bits per heavy atom. The molecule has 1 N–H and O–H groups in total. The fourth-order valence-corrected chi connectivity index (χ4v) is 3.17. The molecule has 0 bridgehead atoms. The Balaban J connectivity index is 2.07. The first-order chi connectivity index (χ1) is 9.60. The maximum Gasteiger partial charge on any atom is 0.215 e. The zero-order valence-electron chi connectivity index (χ0n) is 13.2. The highest BCUT2D eigenvalue weighted by molar-refractivity contribution is 5.36. The molecule has 3 heteroatoms. The maximum absolute atomic E-state index is 6.24. The molecule has 1 heterocycles. The van der Waals surface area contributed by atoms with Crippen molar-refractivity contribution >= 4 is 5.82 Å². The lowest BCUT2D eigenvalue weighted by Crippen LogP contribution is -2.36. The van der Waals surface area contributed by atoms with Crippen LogP contribution in [0.5, 0.6) is 5.88 Å². The summed E-state index contributed by atoms with van der Waals surface area (Å²) in [7, 11) is 0. The molecule has 1 saturated carbocycles. The van der Waals surface area contributed by atoms with E-state index in [1.165, 1.54) is 12.8 Å². The molecule has 0 amide bonds. The topological polar surface area (TPSA) is 34.1 Å². The van der Waals surface area contributed by atoms with E-state index in [-0.39, 0.29) is 0 Å². The van der Waals surface area contributed by atoms with E-state index < -0.39 is 0 Å². The van der Waals surface area contributed by atoms with Crippen LogP contribution in [0.2, 0.25) is 0 Å². The SMILES string of the molecule is CCNc1cccc(OC2CC(C)CCC2C(C)C)n1. The van der Waals surface area contributed by atoms with E-state index in [2.05, 4.69) is 38.0 Å². The van der Waals surface area contributed by atoms with Crippen molar-refractivity contribution in [3.63, 3.8) is 0 Å². The minimum absolute atomic E-state index is 0.308. The van der Waals surface area contributed by atoms with E-state index in [1.807, 2.05) is 18.2 Å². The molecule has 3 unspecified atom stereocenters. The molecule has 0 saturated heterocycles. The minimum atomic E-state index is 0.308. The Morgan fingerprint density at radius 3 is 2.85 bits per heavy atom. The summed E-state index contributed by atoms with van der Waals surface area (Å²) in [5.74, 6) is 3.73. The molecule has 0 aliphatic heterocycles. The van der Waals surface area contributed by atoms with Gasteiger partial charge in [0.1, 0.15) is 11.9 Å². The number of hydrogen-bond acceptors (Lipinski definition) is 3. The molecule has 3 nitrogen and oxygen atoms in total. The summed E-state index contributed by atoms with van der Waals surface area (Å²) in [4.78, 5) is 4.54. The van der Waals surface area contributed by atoms with Gasteiger partial charge in [0, 0.05) is 12.6 Å². The summed E-state index contributed by atoms with van der Waals surface area (Å²) >= 11 is 0. The van der Waals surface area contributed by atoms with E-state index in [1.54, 1.807) is 0 Å². The second-order valence-electron chi connectivity index (χ2n) is 6.37. The first-order valence-corrected chi connectivity index (χ1v) is 7.97. The summed E-state index contributed by atoms with van der Waals surface area (Å²) in [5.41, 5.74) is 0. The van der Waals surface area contributed by atoms with Crippen LogP contribution in [0.3, 0.4) is 0 Å². The molecule has 1 fully saturated rings. The van der Waals surface area contributed by atoms with Crippen LogP contribution in [0.15, 0.2) is 18.2 Å². The number of hydrogen-bond donors (Lipinski definition) is 1. The van der Waals surface area contributed by atoms with Gasteiger partial charge in [-0.25, -0.2) is 0 Å². The molecule has 1 aromatic heterocycles. The molecule has 3 atom stereocenters. The summed E-state index contributed by atoms with van der Waals surface area (Å²) in [6, 6.07) is 5.97. The summed E-state index contributed by atoms with van der Waals surface area (Å²) in [6.07, 6.45) is 4.06. The van der Waals surface area contributed by atoms with Crippen molar-refractivity contribution in [1.82, 2.24) is 4.98 Å². The van der Waals surface area contributed by atoms with Crippen molar-refractivity contribution in [2.75, 3.05) is 11.9 Å². The first kappa shape index (κ1) is 15.1. The Hall–Kier alpha value is -1.25. The lowest BCUT2D eigenvalue weighted by Gasteiger charge is -2.37. The van der Waals surface area contributed by atoms with Gasteiger partial charge in [0.15, 0.2) is 0 Å². The zero-order chi connectivity index (χ0) is 14.5. The van der Waals surface area contributed by atoms with E-state index in [0.717, 1.165) is 30.6 Å². The average molecular weight is 276 g/mol. The van der Waals surface area contributed by atoms with Gasteiger partial charge in [-0.15, -0.1) is 0 Å². The van der Waals surface area contributed by atoms with Gasteiger partial charge in [-0.2, -0.15) is 4.98 Å². The highest BCUT2D eigenvalue weighted by Crippen LogP contribution is 2.35. The molecule has 112 valence electrons. The van der Waals surface area contributed by atoms with Gasteiger partial charge in [-0.3, -0.25) is 0 Å². The lowest BCUT2D eigenvalue weighted by molar-refractivity contribution is 0.0427. The molecular weight excluding hydrogens is 248 g/mol. The Kier molecular flexibility index (Phi) is 5.27. The van der Waals surface area contributed by atoms with Gasteiger partial charge in [0.25, 0.3) is 0 Å². The Bertz CT molecular complexity index is 419. The number of aromatic nitrogens is 1. The molecule has 2 rings (SSSR count). The first-order valence-electron chi connectivity index (χ1n) is 7.97. The van der Waals surface area contributed by atoms with Crippen LogP contribution in [0.4, 0.5) is 5.82 Å². The quantitative estimate of drug-likeness (QED) is 0.868. The summed E-state index contributed by atoms with van der Waals surface area (Å²) in [6.45, 7) is 9.90. The number of nitrogens with one attached hydrogen (secondary N) is 1. The normalized spacial score (nSPS) is 26.6. The third-order valence-corrected chi connectivity index (χ3v) is 4.31. The van der Waals surface area contributed by atoms with Crippen LogP contribution in [0.25, 0.3) is 0 Å². The smallest absolute Gasteiger partial charge is 0.215 e. The Labute approximate surface area is 123 Å². The van der Waals surface area contributed by atoms with E-state index in [4.69, 9.17) is 4.74 Å². The molecule has 1 aliphatic carbocycles.